The Kier molecular flexibility index (Phi) is 4.87. The number of fused-ring (bicyclic) bond motifs is 1. The van der Waals surface area contributed by atoms with E-state index in [1.54, 1.807) is 0 Å². The van der Waals surface area contributed by atoms with Gasteiger partial charge in [0.15, 0.2) is 0 Å². The van der Waals surface area contributed by atoms with E-state index in [1.807, 2.05) is 0 Å². The standard InChI is InChI=1S/C21H23N/c1-17(14-15-18-8-3-2-4-9-18)22-16-20-12-7-11-19-10-5-6-13-21(19)20/h2-13,17,22H,14-16H2,1H3/p+1/t17-/m1/s1. The van der Waals surface area contributed by atoms with Crippen molar-refractivity contribution in [1.29, 1.82) is 0 Å². The Morgan fingerprint density at radius 3 is 2.41 bits per heavy atom. The number of hydrogen-bond acceptors (Lipinski definition) is 0. The van der Waals surface area contributed by atoms with Crippen LogP contribution in [0.4, 0.5) is 0 Å². The van der Waals surface area contributed by atoms with Crippen LogP contribution in [-0.2, 0) is 13.0 Å². The Bertz CT molecular complexity index is 713. The van der Waals surface area contributed by atoms with Gasteiger partial charge in [0.1, 0.15) is 6.54 Å². The van der Waals surface area contributed by atoms with Gasteiger partial charge in [-0.2, -0.15) is 0 Å². The molecule has 0 aliphatic rings. The van der Waals surface area contributed by atoms with E-state index in [2.05, 4.69) is 85.0 Å². The van der Waals surface area contributed by atoms with Crippen molar-refractivity contribution in [3.05, 3.63) is 83.9 Å². The van der Waals surface area contributed by atoms with E-state index in [0.29, 0.717) is 6.04 Å². The molecule has 1 atom stereocenters. The summed E-state index contributed by atoms with van der Waals surface area (Å²) in [5.41, 5.74) is 2.87. The van der Waals surface area contributed by atoms with Crippen LogP contribution in [0.3, 0.4) is 0 Å². The second-order valence-corrected chi connectivity index (χ2v) is 6.08. The first-order valence-corrected chi connectivity index (χ1v) is 8.17. The topological polar surface area (TPSA) is 16.6 Å². The minimum absolute atomic E-state index is 0.638. The minimum Gasteiger partial charge on any atom is -0.340 e. The molecule has 1 nitrogen and oxygen atoms in total. The zero-order chi connectivity index (χ0) is 15.2. The van der Waals surface area contributed by atoms with E-state index < -0.39 is 0 Å². The highest BCUT2D eigenvalue weighted by Gasteiger charge is 2.07. The molecule has 3 rings (SSSR count). The Morgan fingerprint density at radius 1 is 0.818 bits per heavy atom. The molecule has 1 heteroatoms. The maximum atomic E-state index is 2.46. The number of hydrogen-bond donors (Lipinski definition) is 1. The van der Waals surface area contributed by atoms with Crippen molar-refractivity contribution >= 4 is 10.8 Å². The van der Waals surface area contributed by atoms with Crippen molar-refractivity contribution in [3.63, 3.8) is 0 Å². The van der Waals surface area contributed by atoms with Crippen molar-refractivity contribution in [3.8, 4) is 0 Å². The SMILES string of the molecule is C[C@H](CCc1ccccc1)[NH2+]Cc1cccc2ccccc12. The molecule has 2 N–H and O–H groups in total. The lowest BCUT2D eigenvalue weighted by Gasteiger charge is -2.12. The van der Waals surface area contributed by atoms with Gasteiger partial charge in [-0.3, -0.25) is 0 Å². The summed E-state index contributed by atoms with van der Waals surface area (Å²) in [7, 11) is 0. The fourth-order valence-corrected chi connectivity index (χ4v) is 2.96. The van der Waals surface area contributed by atoms with Crippen molar-refractivity contribution in [1.82, 2.24) is 0 Å². The summed E-state index contributed by atoms with van der Waals surface area (Å²) in [6.07, 6.45) is 2.38. The maximum Gasteiger partial charge on any atom is 0.102 e. The van der Waals surface area contributed by atoms with Gasteiger partial charge in [0.25, 0.3) is 0 Å². The van der Waals surface area contributed by atoms with Crippen LogP contribution < -0.4 is 5.32 Å². The largest absolute Gasteiger partial charge is 0.340 e. The monoisotopic (exact) mass is 290 g/mol. The van der Waals surface area contributed by atoms with Gasteiger partial charge in [-0.05, 0) is 29.7 Å². The molecule has 0 heterocycles. The first-order chi connectivity index (χ1) is 10.8. The van der Waals surface area contributed by atoms with Crippen LogP contribution in [0.15, 0.2) is 72.8 Å². The fraction of sp³-hybridized carbons (Fsp3) is 0.238. The van der Waals surface area contributed by atoms with E-state index >= 15 is 0 Å². The molecular formula is C21H24N+. The van der Waals surface area contributed by atoms with Gasteiger partial charge < -0.3 is 5.32 Å². The van der Waals surface area contributed by atoms with Crippen molar-refractivity contribution in [2.24, 2.45) is 0 Å². The summed E-state index contributed by atoms with van der Waals surface area (Å²) < 4.78 is 0. The van der Waals surface area contributed by atoms with Crippen LogP contribution in [0.1, 0.15) is 24.5 Å². The average Bonchev–Trinajstić information content (AvgIpc) is 2.59. The molecule has 3 aromatic rings. The predicted octanol–water partition coefficient (Wildman–Crippen LogP) is 3.92. The fourth-order valence-electron chi connectivity index (χ4n) is 2.96. The third-order valence-corrected chi connectivity index (χ3v) is 4.35. The Morgan fingerprint density at radius 2 is 1.55 bits per heavy atom. The Hall–Kier alpha value is -2.12. The molecule has 0 aliphatic carbocycles. The molecule has 112 valence electrons. The lowest BCUT2D eigenvalue weighted by molar-refractivity contribution is -0.701. The molecule has 0 amide bonds. The van der Waals surface area contributed by atoms with Crippen LogP contribution in [0.5, 0.6) is 0 Å². The van der Waals surface area contributed by atoms with Crippen LogP contribution in [0.25, 0.3) is 10.8 Å². The second-order valence-electron chi connectivity index (χ2n) is 6.08. The van der Waals surface area contributed by atoms with E-state index in [1.165, 1.54) is 28.3 Å². The number of quaternary nitrogens is 1. The second kappa shape index (κ2) is 7.24. The van der Waals surface area contributed by atoms with Gasteiger partial charge >= 0.3 is 0 Å². The predicted molar refractivity (Wildman–Crippen MR) is 93.8 cm³/mol. The molecular weight excluding hydrogens is 266 g/mol. The van der Waals surface area contributed by atoms with Crippen LogP contribution in [0.2, 0.25) is 0 Å². The van der Waals surface area contributed by atoms with E-state index in [-0.39, 0.29) is 0 Å². The summed E-state index contributed by atoms with van der Waals surface area (Å²) >= 11 is 0. The normalized spacial score (nSPS) is 12.4. The number of nitrogens with two attached hydrogens (primary N) is 1. The van der Waals surface area contributed by atoms with E-state index in [4.69, 9.17) is 0 Å². The molecule has 22 heavy (non-hydrogen) atoms. The third-order valence-electron chi connectivity index (χ3n) is 4.35. The van der Waals surface area contributed by atoms with Crippen LogP contribution in [-0.4, -0.2) is 6.04 Å². The van der Waals surface area contributed by atoms with Crippen molar-refractivity contribution in [2.45, 2.75) is 32.4 Å². The quantitative estimate of drug-likeness (QED) is 0.708. The summed E-state index contributed by atoms with van der Waals surface area (Å²) in [6, 6.07) is 26.7. The summed E-state index contributed by atoms with van der Waals surface area (Å²) in [4.78, 5) is 0. The highest BCUT2D eigenvalue weighted by Crippen LogP contribution is 2.17. The molecule has 0 saturated carbocycles. The van der Waals surface area contributed by atoms with E-state index in [9.17, 15) is 0 Å². The lowest BCUT2D eigenvalue weighted by Crippen LogP contribution is -2.87. The third kappa shape index (κ3) is 3.75. The number of aryl methyl sites for hydroxylation is 1. The molecule has 0 spiro atoms. The number of rotatable bonds is 6. The lowest BCUT2D eigenvalue weighted by atomic mass is 10.0. The van der Waals surface area contributed by atoms with Gasteiger partial charge in [0.2, 0.25) is 0 Å². The Balaban J connectivity index is 1.57. The van der Waals surface area contributed by atoms with Crippen molar-refractivity contribution in [2.75, 3.05) is 0 Å². The zero-order valence-corrected chi connectivity index (χ0v) is 13.2. The molecule has 0 saturated heterocycles. The first-order valence-electron chi connectivity index (χ1n) is 8.17. The highest BCUT2D eigenvalue weighted by atomic mass is 14.9. The summed E-state index contributed by atoms with van der Waals surface area (Å²) in [5, 5.41) is 5.19. The maximum absolute atomic E-state index is 2.46. The summed E-state index contributed by atoms with van der Waals surface area (Å²) in [6.45, 7) is 3.38. The smallest absolute Gasteiger partial charge is 0.102 e. The molecule has 0 aliphatic heterocycles. The van der Waals surface area contributed by atoms with Crippen molar-refractivity contribution < 1.29 is 5.32 Å². The molecule has 0 unspecified atom stereocenters. The van der Waals surface area contributed by atoms with Gasteiger partial charge in [-0.25, -0.2) is 0 Å². The summed E-state index contributed by atoms with van der Waals surface area (Å²) in [5.74, 6) is 0. The zero-order valence-electron chi connectivity index (χ0n) is 13.2. The van der Waals surface area contributed by atoms with Gasteiger partial charge in [-0.15, -0.1) is 0 Å². The van der Waals surface area contributed by atoms with Crippen LogP contribution in [0, 0.1) is 0 Å². The minimum atomic E-state index is 0.638. The number of benzene rings is 3. The molecule has 0 aromatic heterocycles. The van der Waals surface area contributed by atoms with E-state index in [0.717, 1.165) is 13.0 Å². The highest BCUT2D eigenvalue weighted by molar-refractivity contribution is 5.85. The molecule has 0 fully saturated rings. The van der Waals surface area contributed by atoms with Gasteiger partial charge in [-0.1, -0.05) is 72.8 Å². The first kappa shape index (κ1) is 14.8. The van der Waals surface area contributed by atoms with Crippen LogP contribution >= 0.6 is 0 Å². The average molecular weight is 290 g/mol. The Labute approximate surface area is 133 Å². The molecule has 0 radical (unpaired) electrons. The van der Waals surface area contributed by atoms with Gasteiger partial charge in [0, 0.05) is 12.0 Å². The van der Waals surface area contributed by atoms with Gasteiger partial charge in [0.05, 0.1) is 6.04 Å². The molecule has 3 aromatic carbocycles. The molecule has 0 bridgehead atoms.